The van der Waals surface area contributed by atoms with Crippen molar-refractivity contribution in [1.82, 2.24) is 0 Å². The summed E-state index contributed by atoms with van der Waals surface area (Å²) >= 11 is 0. The van der Waals surface area contributed by atoms with Crippen LogP contribution in [0.1, 0.15) is 26.3 Å². The summed E-state index contributed by atoms with van der Waals surface area (Å²) in [4.78, 5) is 14.1. The summed E-state index contributed by atoms with van der Waals surface area (Å²) in [5.74, 6) is 0.623. The zero-order valence-corrected chi connectivity index (χ0v) is 20.5. The van der Waals surface area contributed by atoms with E-state index in [0.717, 1.165) is 18.7 Å². The highest BCUT2D eigenvalue weighted by Gasteiger charge is 2.59. The number of carbonyl (C=O) groups excluding carboxylic acids is 1. The minimum absolute atomic E-state index is 0.169. The maximum Gasteiger partial charge on any atom is 0.411 e. The topological polar surface area (TPSA) is 50.8 Å². The van der Waals surface area contributed by atoms with Crippen LogP contribution in [0.15, 0.2) is 48.5 Å². The standard InChI is InChI=1S/C25H33FN2O3Si/c1-25(2,3)32(4,5)31-23-19-14-28(15-20(19)23)22-12-11-18(13-21(22)26)27-24(29)30-16-17-9-7-6-8-10-17/h6-13,19-20,23H,14-16H2,1-5H3,(H,27,29)/t19-,20+,23?. The van der Waals surface area contributed by atoms with Gasteiger partial charge in [0.1, 0.15) is 12.4 Å². The molecule has 0 radical (unpaired) electrons. The van der Waals surface area contributed by atoms with Crippen LogP contribution in [0, 0.1) is 17.7 Å². The lowest BCUT2D eigenvalue weighted by Crippen LogP contribution is -2.43. The highest BCUT2D eigenvalue weighted by Crippen LogP contribution is 2.52. The van der Waals surface area contributed by atoms with Crippen molar-refractivity contribution in [1.29, 1.82) is 0 Å². The van der Waals surface area contributed by atoms with Crippen molar-refractivity contribution >= 4 is 25.8 Å². The number of rotatable bonds is 6. The third kappa shape index (κ3) is 4.83. The smallest absolute Gasteiger partial charge is 0.411 e. The number of amides is 1. The Labute approximate surface area is 191 Å². The Morgan fingerprint density at radius 1 is 1.12 bits per heavy atom. The predicted octanol–water partition coefficient (Wildman–Crippen LogP) is 6.03. The zero-order chi connectivity index (χ0) is 23.1. The summed E-state index contributed by atoms with van der Waals surface area (Å²) in [6.07, 6.45) is -0.287. The molecule has 1 saturated carbocycles. The van der Waals surface area contributed by atoms with Gasteiger partial charge in [-0.05, 0) is 41.9 Å². The summed E-state index contributed by atoms with van der Waals surface area (Å²) in [7, 11) is -1.78. The molecule has 2 fully saturated rings. The number of halogens is 1. The third-order valence-electron chi connectivity index (χ3n) is 7.10. The van der Waals surface area contributed by atoms with Crippen molar-refractivity contribution in [3.05, 3.63) is 59.9 Å². The lowest BCUT2D eigenvalue weighted by molar-refractivity contribution is 0.155. The van der Waals surface area contributed by atoms with E-state index in [4.69, 9.17) is 9.16 Å². The first-order valence-corrected chi connectivity index (χ1v) is 14.2. The summed E-state index contributed by atoms with van der Waals surface area (Å²) in [6.45, 7) is 13.1. The molecule has 1 heterocycles. The molecule has 0 bridgehead atoms. The third-order valence-corrected chi connectivity index (χ3v) is 11.6. The molecule has 1 N–H and O–H groups in total. The predicted molar refractivity (Wildman–Crippen MR) is 128 cm³/mol. The van der Waals surface area contributed by atoms with E-state index in [2.05, 4.69) is 44.1 Å². The number of hydrogen-bond donors (Lipinski definition) is 1. The van der Waals surface area contributed by atoms with E-state index in [9.17, 15) is 9.18 Å². The number of piperidine rings is 1. The number of hydrogen-bond acceptors (Lipinski definition) is 4. The van der Waals surface area contributed by atoms with Gasteiger partial charge in [-0.1, -0.05) is 51.1 Å². The molecule has 0 spiro atoms. The molecule has 2 aliphatic rings. The minimum atomic E-state index is -1.78. The summed E-state index contributed by atoms with van der Waals surface area (Å²) in [5, 5.41) is 2.80. The highest BCUT2D eigenvalue weighted by molar-refractivity contribution is 6.74. The SMILES string of the molecule is CC(C)(C)[Si](C)(C)OC1[C@H]2CN(c3ccc(NC(=O)OCc4ccccc4)cc3F)C[C@@H]12. The number of fused-ring (bicyclic) bond motifs is 1. The highest BCUT2D eigenvalue weighted by atomic mass is 28.4. The Morgan fingerprint density at radius 3 is 2.38 bits per heavy atom. The fourth-order valence-corrected chi connectivity index (χ4v) is 5.46. The second-order valence-corrected chi connectivity index (χ2v) is 15.2. The fraction of sp³-hybridized carbons (Fsp3) is 0.480. The van der Waals surface area contributed by atoms with E-state index in [0.29, 0.717) is 29.3 Å². The van der Waals surface area contributed by atoms with Gasteiger partial charge in [-0.15, -0.1) is 0 Å². The minimum Gasteiger partial charge on any atom is -0.444 e. The summed E-state index contributed by atoms with van der Waals surface area (Å²) in [5.41, 5.74) is 1.85. The van der Waals surface area contributed by atoms with Crippen molar-refractivity contribution in [2.24, 2.45) is 11.8 Å². The second-order valence-electron chi connectivity index (χ2n) is 10.4. The Hall–Kier alpha value is -2.38. The van der Waals surface area contributed by atoms with Crippen molar-refractivity contribution in [2.75, 3.05) is 23.3 Å². The van der Waals surface area contributed by atoms with Gasteiger partial charge in [0.15, 0.2) is 8.32 Å². The van der Waals surface area contributed by atoms with Gasteiger partial charge < -0.3 is 14.1 Å². The van der Waals surface area contributed by atoms with Crippen LogP contribution >= 0.6 is 0 Å². The van der Waals surface area contributed by atoms with E-state index < -0.39 is 14.4 Å². The first-order valence-electron chi connectivity index (χ1n) is 11.3. The van der Waals surface area contributed by atoms with Gasteiger partial charge in [-0.3, -0.25) is 5.32 Å². The van der Waals surface area contributed by atoms with Crippen LogP contribution in [0.5, 0.6) is 0 Å². The van der Waals surface area contributed by atoms with Crippen molar-refractivity contribution in [3.63, 3.8) is 0 Å². The van der Waals surface area contributed by atoms with Crippen LogP contribution < -0.4 is 10.2 Å². The Kier molecular flexibility index (Phi) is 6.07. The molecule has 1 aliphatic carbocycles. The lowest BCUT2D eigenvalue weighted by atomic mass is 10.2. The number of anilines is 2. The number of ether oxygens (including phenoxy) is 1. The number of carbonyl (C=O) groups is 1. The fourth-order valence-electron chi connectivity index (χ4n) is 4.08. The van der Waals surface area contributed by atoms with Gasteiger partial charge in [0.25, 0.3) is 0 Å². The van der Waals surface area contributed by atoms with Crippen molar-refractivity contribution < 1.29 is 18.3 Å². The first-order chi connectivity index (χ1) is 15.0. The van der Waals surface area contributed by atoms with Gasteiger partial charge in [0, 0.05) is 30.6 Å². The van der Waals surface area contributed by atoms with Crippen molar-refractivity contribution in [3.8, 4) is 0 Å². The van der Waals surface area contributed by atoms with Crippen LogP contribution in [0.2, 0.25) is 18.1 Å². The maximum atomic E-state index is 14.8. The molecule has 2 aromatic carbocycles. The van der Waals surface area contributed by atoms with E-state index >= 15 is 0 Å². The van der Waals surface area contributed by atoms with Crippen LogP contribution in [-0.2, 0) is 15.8 Å². The van der Waals surface area contributed by atoms with Crippen LogP contribution in [-0.4, -0.2) is 33.6 Å². The van der Waals surface area contributed by atoms with Gasteiger partial charge >= 0.3 is 6.09 Å². The molecule has 2 aromatic rings. The Bertz CT molecular complexity index is 965. The van der Waals surface area contributed by atoms with Crippen LogP contribution in [0.3, 0.4) is 0 Å². The number of nitrogens with zero attached hydrogens (tertiary/aromatic N) is 1. The molecule has 3 atom stereocenters. The molecule has 1 saturated heterocycles. The molecule has 1 amide bonds. The van der Waals surface area contributed by atoms with E-state index in [1.807, 2.05) is 30.3 Å². The number of benzene rings is 2. The van der Waals surface area contributed by atoms with Crippen LogP contribution in [0.4, 0.5) is 20.6 Å². The van der Waals surface area contributed by atoms with E-state index in [1.54, 1.807) is 12.1 Å². The normalized spacial score (nSPS) is 22.4. The second kappa shape index (κ2) is 8.52. The molecular formula is C25H33FN2O3Si. The van der Waals surface area contributed by atoms with Gasteiger partial charge in [-0.2, -0.15) is 0 Å². The van der Waals surface area contributed by atoms with Crippen LogP contribution in [0.25, 0.3) is 0 Å². The van der Waals surface area contributed by atoms with Gasteiger partial charge in [0.2, 0.25) is 0 Å². The summed E-state index contributed by atoms with van der Waals surface area (Å²) in [6, 6.07) is 14.2. The molecule has 32 heavy (non-hydrogen) atoms. The first kappa shape index (κ1) is 22.8. The largest absolute Gasteiger partial charge is 0.444 e. The molecular weight excluding hydrogens is 423 g/mol. The average molecular weight is 457 g/mol. The molecule has 4 rings (SSSR count). The lowest BCUT2D eigenvalue weighted by Gasteiger charge is -2.37. The Balaban J connectivity index is 1.29. The molecule has 1 aliphatic heterocycles. The Morgan fingerprint density at radius 2 is 1.78 bits per heavy atom. The molecule has 172 valence electrons. The van der Waals surface area contributed by atoms with E-state index in [1.165, 1.54) is 6.07 Å². The monoisotopic (exact) mass is 456 g/mol. The quantitative estimate of drug-likeness (QED) is 0.539. The molecule has 0 aromatic heterocycles. The number of nitrogens with one attached hydrogen (secondary N) is 1. The molecule has 5 nitrogen and oxygen atoms in total. The van der Waals surface area contributed by atoms with E-state index in [-0.39, 0.29) is 17.5 Å². The van der Waals surface area contributed by atoms with Gasteiger partial charge in [0.05, 0.1) is 11.8 Å². The summed E-state index contributed by atoms with van der Waals surface area (Å²) < 4.78 is 26.6. The maximum absolute atomic E-state index is 14.8. The zero-order valence-electron chi connectivity index (χ0n) is 19.5. The van der Waals surface area contributed by atoms with Crippen molar-refractivity contribution in [2.45, 2.75) is 51.6 Å². The average Bonchev–Trinajstić information content (AvgIpc) is 3.15. The van der Waals surface area contributed by atoms with Gasteiger partial charge in [-0.25, -0.2) is 9.18 Å². The molecule has 1 unspecified atom stereocenters. The molecule has 7 heteroatoms.